The van der Waals surface area contributed by atoms with Gasteiger partial charge >= 0.3 is 5.97 Å². The third-order valence-corrected chi connectivity index (χ3v) is 3.78. The number of aromatic amines is 1. The van der Waals surface area contributed by atoms with E-state index in [0.29, 0.717) is 5.82 Å². The van der Waals surface area contributed by atoms with Crippen LogP contribution >= 0.6 is 0 Å². The minimum atomic E-state index is -1.10. The van der Waals surface area contributed by atoms with Gasteiger partial charge in [-0.1, -0.05) is 0 Å². The Morgan fingerprint density at radius 3 is 2.81 bits per heavy atom. The van der Waals surface area contributed by atoms with Gasteiger partial charge in [-0.05, 0) is 33.6 Å². The van der Waals surface area contributed by atoms with Crippen LogP contribution < -0.4 is 11.3 Å². The van der Waals surface area contributed by atoms with E-state index in [1.54, 1.807) is 0 Å². The van der Waals surface area contributed by atoms with Gasteiger partial charge in [0.05, 0.1) is 18.0 Å². The van der Waals surface area contributed by atoms with Crippen LogP contribution in [0.4, 0.5) is 5.82 Å². The standard InChI is InChI=1S/C13H21N5O3/c1-17-4-3-5-18(2)9(7-17)12-15-11(14)8(6-10(19)20)13(21)16-12/h9H,3-7H2,1-2H3,(H,19,20)(H3,14,15,16,21). The molecule has 116 valence electrons. The number of hydrogen-bond donors (Lipinski definition) is 3. The van der Waals surface area contributed by atoms with Gasteiger partial charge in [0.15, 0.2) is 0 Å². The number of carbonyl (C=O) groups is 1. The first-order valence-electron chi connectivity index (χ1n) is 6.87. The zero-order valence-electron chi connectivity index (χ0n) is 12.3. The minimum Gasteiger partial charge on any atom is -0.481 e. The van der Waals surface area contributed by atoms with Crippen LogP contribution in [-0.2, 0) is 11.2 Å². The van der Waals surface area contributed by atoms with Crippen LogP contribution in [0.25, 0.3) is 0 Å². The molecule has 4 N–H and O–H groups in total. The number of nitrogens with two attached hydrogens (primary N) is 1. The van der Waals surface area contributed by atoms with Crippen molar-refractivity contribution in [3.63, 3.8) is 0 Å². The summed E-state index contributed by atoms with van der Waals surface area (Å²) < 4.78 is 0. The molecule has 2 rings (SSSR count). The Hall–Kier alpha value is -1.93. The minimum absolute atomic E-state index is 0.00329. The van der Waals surface area contributed by atoms with E-state index in [1.807, 2.05) is 14.1 Å². The largest absolute Gasteiger partial charge is 0.481 e. The van der Waals surface area contributed by atoms with Gasteiger partial charge in [0.25, 0.3) is 5.56 Å². The number of aliphatic carboxylic acids is 1. The Labute approximate surface area is 122 Å². The Bertz CT molecular complexity index is 586. The maximum Gasteiger partial charge on any atom is 0.308 e. The molecule has 0 spiro atoms. The maximum atomic E-state index is 12.0. The molecule has 1 fully saturated rings. The number of anilines is 1. The number of nitrogen functional groups attached to an aromatic ring is 1. The fourth-order valence-electron chi connectivity index (χ4n) is 2.58. The molecule has 0 saturated carbocycles. The Morgan fingerprint density at radius 2 is 2.19 bits per heavy atom. The quantitative estimate of drug-likeness (QED) is 0.674. The fourth-order valence-corrected chi connectivity index (χ4v) is 2.58. The van der Waals surface area contributed by atoms with Crippen molar-refractivity contribution < 1.29 is 9.90 Å². The van der Waals surface area contributed by atoms with Crippen molar-refractivity contribution in [1.29, 1.82) is 0 Å². The summed E-state index contributed by atoms with van der Waals surface area (Å²) in [5, 5.41) is 8.80. The fraction of sp³-hybridized carbons (Fsp3) is 0.615. The van der Waals surface area contributed by atoms with Crippen LogP contribution in [0.2, 0.25) is 0 Å². The lowest BCUT2D eigenvalue weighted by Crippen LogP contribution is -2.34. The van der Waals surface area contributed by atoms with E-state index in [2.05, 4.69) is 19.8 Å². The lowest BCUT2D eigenvalue weighted by Gasteiger charge is -2.26. The molecule has 0 amide bonds. The number of nitrogens with one attached hydrogen (secondary N) is 1. The van der Waals surface area contributed by atoms with Gasteiger partial charge in [0, 0.05) is 6.54 Å². The summed E-state index contributed by atoms with van der Waals surface area (Å²) in [4.78, 5) is 34.0. The number of rotatable bonds is 3. The zero-order valence-corrected chi connectivity index (χ0v) is 12.3. The van der Waals surface area contributed by atoms with Gasteiger partial charge in [0.1, 0.15) is 11.6 Å². The molecule has 0 radical (unpaired) electrons. The lowest BCUT2D eigenvalue weighted by atomic mass is 10.2. The average Bonchev–Trinajstić information content (AvgIpc) is 2.55. The number of nitrogens with zero attached hydrogens (tertiary/aromatic N) is 3. The van der Waals surface area contributed by atoms with Crippen LogP contribution in [0, 0.1) is 0 Å². The van der Waals surface area contributed by atoms with Crippen molar-refractivity contribution >= 4 is 11.8 Å². The Balaban J connectivity index is 2.35. The first-order valence-corrected chi connectivity index (χ1v) is 6.87. The number of H-pyrrole nitrogens is 1. The SMILES string of the molecule is CN1CCCN(C)C(c2nc(N)c(CC(=O)O)c(=O)[nH]2)C1. The molecule has 1 unspecified atom stereocenters. The topological polar surface area (TPSA) is 116 Å². The number of likely N-dealkylation sites (N-methyl/N-ethyl adjacent to an activating group) is 2. The van der Waals surface area contributed by atoms with Gasteiger partial charge in [-0.3, -0.25) is 14.5 Å². The molecule has 1 saturated heterocycles. The number of hydrogen-bond acceptors (Lipinski definition) is 6. The number of carboxylic acid groups (broad SMARTS) is 1. The second-order valence-electron chi connectivity index (χ2n) is 5.50. The highest BCUT2D eigenvalue weighted by atomic mass is 16.4. The molecular weight excluding hydrogens is 274 g/mol. The van der Waals surface area contributed by atoms with E-state index in [0.717, 1.165) is 26.1 Å². The molecule has 0 bridgehead atoms. The highest BCUT2D eigenvalue weighted by Crippen LogP contribution is 2.20. The van der Waals surface area contributed by atoms with E-state index in [-0.39, 0.29) is 17.4 Å². The van der Waals surface area contributed by atoms with E-state index < -0.39 is 17.9 Å². The predicted molar refractivity (Wildman–Crippen MR) is 78.1 cm³/mol. The van der Waals surface area contributed by atoms with E-state index >= 15 is 0 Å². The molecule has 8 heteroatoms. The summed E-state index contributed by atoms with van der Waals surface area (Å²) in [5.41, 5.74) is 5.31. The third kappa shape index (κ3) is 3.59. The van der Waals surface area contributed by atoms with Gasteiger partial charge in [0.2, 0.25) is 0 Å². The summed E-state index contributed by atoms with van der Waals surface area (Å²) in [6, 6.07) is -0.0635. The normalized spacial score (nSPS) is 21.1. The molecule has 2 heterocycles. The van der Waals surface area contributed by atoms with Crippen molar-refractivity contribution in [1.82, 2.24) is 19.8 Å². The summed E-state index contributed by atoms with van der Waals surface area (Å²) in [6.45, 7) is 2.62. The molecule has 8 nitrogen and oxygen atoms in total. The van der Waals surface area contributed by atoms with Crippen molar-refractivity contribution in [2.75, 3.05) is 39.5 Å². The van der Waals surface area contributed by atoms with Gasteiger partial charge in [-0.25, -0.2) is 4.98 Å². The van der Waals surface area contributed by atoms with Crippen molar-refractivity contribution in [2.24, 2.45) is 0 Å². The third-order valence-electron chi connectivity index (χ3n) is 3.78. The Kier molecular flexibility index (Phi) is 4.59. The predicted octanol–water partition coefficient (Wildman–Crippen LogP) is -0.712. The van der Waals surface area contributed by atoms with Crippen molar-refractivity contribution in [3.05, 3.63) is 21.7 Å². The van der Waals surface area contributed by atoms with Gasteiger partial charge in [-0.2, -0.15) is 0 Å². The highest BCUT2D eigenvalue weighted by Gasteiger charge is 2.25. The summed E-state index contributed by atoms with van der Waals surface area (Å²) in [6.07, 6.45) is 0.620. The van der Waals surface area contributed by atoms with Crippen molar-refractivity contribution in [3.8, 4) is 0 Å². The maximum absolute atomic E-state index is 12.0. The summed E-state index contributed by atoms with van der Waals surface area (Å²) in [5.74, 6) is -0.618. The molecular formula is C13H21N5O3. The van der Waals surface area contributed by atoms with Gasteiger partial charge < -0.3 is 20.7 Å². The highest BCUT2D eigenvalue weighted by molar-refractivity contribution is 5.71. The smallest absolute Gasteiger partial charge is 0.308 e. The van der Waals surface area contributed by atoms with Crippen LogP contribution in [0.15, 0.2) is 4.79 Å². The first-order chi connectivity index (χ1) is 9.88. The summed E-state index contributed by atoms with van der Waals surface area (Å²) >= 11 is 0. The van der Waals surface area contributed by atoms with Gasteiger partial charge in [-0.15, -0.1) is 0 Å². The van der Waals surface area contributed by atoms with E-state index in [1.165, 1.54) is 0 Å². The van der Waals surface area contributed by atoms with Crippen LogP contribution in [0.3, 0.4) is 0 Å². The van der Waals surface area contributed by atoms with E-state index in [4.69, 9.17) is 10.8 Å². The molecule has 1 aromatic rings. The molecule has 1 aromatic heterocycles. The monoisotopic (exact) mass is 295 g/mol. The summed E-state index contributed by atoms with van der Waals surface area (Å²) in [7, 11) is 4.00. The van der Waals surface area contributed by atoms with Crippen molar-refractivity contribution in [2.45, 2.75) is 18.9 Å². The second kappa shape index (κ2) is 6.23. The Morgan fingerprint density at radius 1 is 1.48 bits per heavy atom. The molecule has 21 heavy (non-hydrogen) atoms. The van der Waals surface area contributed by atoms with Crippen LogP contribution in [-0.4, -0.2) is 64.6 Å². The van der Waals surface area contributed by atoms with E-state index in [9.17, 15) is 9.59 Å². The zero-order chi connectivity index (χ0) is 15.6. The molecule has 1 aliphatic heterocycles. The lowest BCUT2D eigenvalue weighted by molar-refractivity contribution is -0.136. The molecule has 1 aliphatic rings. The molecule has 1 atom stereocenters. The first kappa shape index (κ1) is 15.5. The van der Waals surface area contributed by atoms with Crippen LogP contribution in [0.1, 0.15) is 23.9 Å². The molecule has 0 aliphatic carbocycles. The number of carboxylic acids is 1. The second-order valence-corrected chi connectivity index (χ2v) is 5.50. The van der Waals surface area contributed by atoms with Crippen LogP contribution in [0.5, 0.6) is 0 Å². The number of aromatic nitrogens is 2. The molecule has 0 aromatic carbocycles. The average molecular weight is 295 g/mol.